The quantitative estimate of drug-likeness (QED) is 0.854. The lowest BCUT2D eigenvalue weighted by Gasteiger charge is -2.05. The van der Waals surface area contributed by atoms with E-state index in [4.69, 9.17) is 23.1 Å². The number of halogens is 1. The Morgan fingerprint density at radius 1 is 1.16 bits per heavy atom. The minimum atomic E-state index is 0.706. The molecule has 0 amide bonds. The molecule has 0 aliphatic carbocycles. The normalized spacial score (nSPS) is 11.4. The average molecular weight is 280 g/mol. The van der Waals surface area contributed by atoms with Gasteiger partial charge in [0.15, 0.2) is 0 Å². The largest absolute Gasteiger partial charge is 0.347 e. The van der Waals surface area contributed by atoms with Crippen LogP contribution in [0.2, 0.25) is 5.02 Å². The highest BCUT2D eigenvalue weighted by Crippen LogP contribution is 2.28. The van der Waals surface area contributed by atoms with Crippen molar-refractivity contribution in [2.75, 3.05) is 13.1 Å². The first kappa shape index (κ1) is 14.4. The van der Waals surface area contributed by atoms with Gasteiger partial charge in [0.2, 0.25) is 0 Å². The van der Waals surface area contributed by atoms with Crippen LogP contribution in [-0.4, -0.2) is 17.7 Å². The molecule has 0 aliphatic rings. The van der Waals surface area contributed by atoms with Gasteiger partial charge in [0.25, 0.3) is 0 Å². The minimum Gasteiger partial charge on any atom is -0.347 e. The highest BCUT2D eigenvalue weighted by Gasteiger charge is 2.10. The first-order valence-corrected chi connectivity index (χ1v) is 7.23. The summed E-state index contributed by atoms with van der Waals surface area (Å²) in [5, 5.41) is 2.12. The molecule has 4 heteroatoms. The third kappa shape index (κ3) is 3.11. The second-order valence-electron chi connectivity index (χ2n) is 5.00. The third-order valence-electron chi connectivity index (χ3n) is 3.50. The number of fused-ring (bicyclic) bond motifs is 1. The number of nitrogens with zero attached hydrogens (tertiary/aromatic N) is 1. The Balaban J connectivity index is 2.46. The van der Waals surface area contributed by atoms with Gasteiger partial charge in [-0.1, -0.05) is 11.6 Å². The fraction of sp³-hybridized carbons (Fsp3) is 0.467. The Labute approximate surface area is 119 Å². The first-order valence-electron chi connectivity index (χ1n) is 6.85. The number of hydrogen-bond acceptors (Lipinski definition) is 2. The summed E-state index contributed by atoms with van der Waals surface area (Å²) < 4.78 is 2.26. The van der Waals surface area contributed by atoms with E-state index < -0.39 is 0 Å². The summed E-state index contributed by atoms with van der Waals surface area (Å²) in [5.41, 5.74) is 14.9. The maximum absolute atomic E-state index is 6.25. The molecule has 0 aliphatic heterocycles. The zero-order valence-corrected chi connectivity index (χ0v) is 12.2. The van der Waals surface area contributed by atoms with Crippen molar-refractivity contribution in [2.24, 2.45) is 11.5 Å². The first-order chi connectivity index (χ1) is 9.17. The van der Waals surface area contributed by atoms with Crippen molar-refractivity contribution in [3.63, 3.8) is 0 Å². The van der Waals surface area contributed by atoms with E-state index in [1.807, 2.05) is 6.92 Å². The van der Waals surface area contributed by atoms with Crippen LogP contribution in [0, 0.1) is 6.92 Å². The lowest BCUT2D eigenvalue weighted by molar-refractivity contribution is 0.667. The molecule has 19 heavy (non-hydrogen) atoms. The number of hydrogen-bond donors (Lipinski definition) is 2. The van der Waals surface area contributed by atoms with Gasteiger partial charge in [-0.25, -0.2) is 0 Å². The van der Waals surface area contributed by atoms with Gasteiger partial charge in [-0.15, -0.1) is 0 Å². The van der Waals surface area contributed by atoms with Crippen LogP contribution in [0.3, 0.4) is 0 Å². The minimum absolute atomic E-state index is 0.706. The van der Waals surface area contributed by atoms with Crippen LogP contribution >= 0.6 is 11.6 Å². The molecule has 4 N–H and O–H groups in total. The molecule has 0 saturated heterocycles. The topological polar surface area (TPSA) is 57.0 Å². The molecule has 0 bridgehead atoms. The van der Waals surface area contributed by atoms with Crippen LogP contribution in [-0.2, 0) is 13.0 Å². The fourth-order valence-corrected chi connectivity index (χ4v) is 2.59. The molecule has 1 aromatic heterocycles. The zero-order chi connectivity index (χ0) is 13.8. The van der Waals surface area contributed by atoms with Crippen LogP contribution in [0.1, 0.15) is 24.0 Å². The van der Waals surface area contributed by atoms with E-state index in [9.17, 15) is 0 Å². The number of nitrogens with two attached hydrogens (primary N) is 2. The average Bonchev–Trinajstić information content (AvgIpc) is 2.72. The lowest BCUT2D eigenvalue weighted by atomic mass is 10.1. The Kier molecular flexibility index (Phi) is 4.86. The third-order valence-corrected chi connectivity index (χ3v) is 3.90. The van der Waals surface area contributed by atoms with Gasteiger partial charge in [0.05, 0.1) is 0 Å². The molecule has 0 fully saturated rings. The van der Waals surface area contributed by atoms with Gasteiger partial charge in [-0.3, -0.25) is 0 Å². The number of rotatable bonds is 6. The standard InChI is InChI=1S/C15H22ClN3/c1-11-8-13-12(4-2-5-17)10-19(7-3-6-18)15(13)9-14(11)16/h8-10H,2-7,17-18H2,1H3. The van der Waals surface area contributed by atoms with Crippen molar-refractivity contribution in [3.8, 4) is 0 Å². The summed E-state index contributed by atoms with van der Waals surface area (Å²) in [6.45, 7) is 4.42. The van der Waals surface area contributed by atoms with Crippen molar-refractivity contribution in [3.05, 3.63) is 34.5 Å². The molecule has 0 atom stereocenters. The predicted octanol–water partition coefficient (Wildman–Crippen LogP) is 2.84. The van der Waals surface area contributed by atoms with Crippen molar-refractivity contribution in [1.29, 1.82) is 0 Å². The van der Waals surface area contributed by atoms with Crippen molar-refractivity contribution in [2.45, 2.75) is 32.7 Å². The molecule has 1 aromatic carbocycles. The second-order valence-corrected chi connectivity index (χ2v) is 5.41. The molecule has 0 radical (unpaired) electrons. The van der Waals surface area contributed by atoms with Crippen LogP contribution in [0.15, 0.2) is 18.3 Å². The molecule has 3 nitrogen and oxygen atoms in total. The van der Waals surface area contributed by atoms with Gasteiger partial charge >= 0.3 is 0 Å². The van der Waals surface area contributed by atoms with E-state index in [0.29, 0.717) is 6.54 Å². The van der Waals surface area contributed by atoms with E-state index >= 15 is 0 Å². The second kappa shape index (κ2) is 6.42. The zero-order valence-electron chi connectivity index (χ0n) is 11.5. The Hall–Kier alpha value is -1.03. The van der Waals surface area contributed by atoms with Crippen molar-refractivity contribution < 1.29 is 0 Å². The van der Waals surface area contributed by atoms with Gasteiger partial charge in [0, 0.05) is 28.7 Å². The lowest BCUT2D eigenvalue weighted by Crippen LogP contribution is -2.04. The number of benzene rings is 1. The maximum Gasteiger partial charge on any atom is 0.0498 e. The van der Waals surface area contributed by atoms with Crippen molar-refractivity contribution in [1.82, 2.24) is 4.57 Å². The molecule has 0 unspecified atom stereocenters. The van der Waals surface area contributed by atoms with Gasteiger partial charge in [0.1, 0.15) is 0 Å². The van der Waals surface area contributed by atoms with Gasteiger partial charge in [-0.05, 0) is 62.5 Å². The summed E-state index contributed by atoms with van der Waals surface area (Å²) in [5.74, 6) is 0. The van der Waals surface area contributed by atoms with Gasteiger partial charge < -0.3 is 16.0 Å². The number of aromatic nitrogens is 1. The molecular weight excluding hydrogens is 258 g/mol. The Bertz CT molecular complexity index is 512. The monoisotopic (exact) mass is 279 g/mol. The summed E-state index contributed by atoms with van der Waals surface area (Å²) in [7, 11) is 0. The molecule has 1 heterocycles. The highest BCUT2D eigenvalue weighted by molar-refractivity contribution is 6.32. The van der Waals surface area contributed by atoms with E-state index in [2.05, 4.69) is 22.9 Å². The smallest absolute Gasteiger partial charge is 0.0498 e. The van der Waals surface area contributed by atoms with E-state index in [-0.39, 0.29) is 0 Å². The summed E-state index contributed by atoms with van der Waals surface area (Å²) in [6.07, 6.45) is 5.23. The molecule has 2 rings (SSSR count). The number of aryl methyl sites for hydroxylation is 3. The maximum atomic E-state index is 6.25. The van der Waals surface area contributed by atoms with Crippen LogP contribution in [0.25, 0.3) is 10.9 Å². The summed E-state index contributed by atoms with van der Waals surface area (Å²) in [6, 6.07) is 4.25. The van der Waals surface area contributed by atoms with E-state index in [1.54, 1.807) is 0 Å². The molecule has 0 spiro atoms. The Morgan fingerprint density at radius 2 is 1.89 bits per heavy atom. The highest BCUT2D eigenvalue weighted by atomic mass is 35.5. The molecule has 104 valence electrons. The van der Waals surface area contributed by atoms with E-state index in [1.165, 1.54) is 16.5 Å². The molecule has 0 saturated carbocycles. The van der Waals surface area contributed by atoms with Gasteiger partial charge in [-0.2, -0.15) is 0 Å². The molecular formula is C15H22ClN3. The van der Waals surface area contributed by atoms with Crippen molar-refractivity contribution >= 4 is 22.5 Å². The molecule has 2 aromatic rings. The summed E-state index contributed by atoms with van der Waals surface area (Å²) in [4.78, 5) is 0. The van der Waals surface area contributed by atoms with Crippen LogP contribution < -0.4 is 11.5 Å². The summed E-state index contributed by atoms with van der Waals surface area (Å²) >= 11 is 6.25. The SMILES string of the molecule is Cc1cc2c(CCCN)cn(CCCN)c2cc1Cl. The van der Waals surface area contributed by atoms with E-state index in [0.717, 1.165) is 42.9 Å². The predicted molar refractivity (Wildman–Crippen MR) is 82.7 cm³/mol. The van der Waals surface area contributed by atoms with Crippen LogP contribution in [0.4, 0.5) is 0 Å². The Morgan fingerprint density at radius 3 is 2.58 bits per heavy atom. The van der Waals surface area contributed by atoms with Crippen LogP contribution in [0.5, 0.6) is 0 Å². The fourth-order valence-electron chi connectivity index (χ4n) is 2.43.